The summed E-state index contributed by atoms with van der Waals surface area (Å²) in [5.74, 6) is 1.73. The summed E-state index contributed by atoms with van der Waals surface area (Å²) in [6.07, 6.45) is 2.98. The lowest BCUT2D eigenvalue weighted by Crippen LogP contribution is -2.21. The van der Waals surface area contributed by atoms with Crippen molar-refractivity contribution >= 4 is 5.97 Å². The van der Waals surface area contributed by atoms with Gasteiger partial charge < -0.3 is 9.67 Å². The number of aromatic nitrogens is 3. The Hall–Kier alpha value is -1.39. The van der Waals surface area contributed by atoms with Crippen LogP contribution in [-0.2, 0) is 17.8 Å². The molecule has 1 atom stereocenters. The quantitative estimate of drug-likeness (QED) is 0.806. The summed E-state index contributed by atoms with van der Waals surface area (Å²) in [6, 6.07) is 0. The number of hydrogen-bond acceptors (Lipinski definition) is 3. The topological polar surface area (TPSA) is 68.0 Å². The highest BCUT2D eigenvalue weighted by atomic mass is 16.4. The first-order valence-corrected chi connectivity index (χ1v) is 5.27. The maximum atomic E-state index is 10.5. The lowest BCUT2D eigenvalue weighted by Gasteiger charge is -2.23. The highest BCUT2D eigenvalue weighted by Crippen LogP contribution is 2.23. The van der Waals surface area contributed by atoms with E-state index >= 15 is 0 Å². The average Bonchev–Trinajstić information content (AvgIpc) is 2.57. The third kappa shape index (κ3) is 2.16. The van der Waals surface area contributed by atoms with E-state index in [0.29, 0.717) is 5.92 Å². The smallest absolute Gasteiger partial charge is 0.303 e. The predicted octanol–water partition coefficient (Wildman–Crippen LogP) is 1.01. The monoisotopic (exact) mass is 209 g/mol. The molecule has 0 aliphatic carbocycles. The minimum Gasteiger partial charge on any atom is -0.481 e. The van der Waals surface area contributed by atoms with Crippen molar-refractivity contribution in [1.82, 2.24) is 14.8 Å². The second kappa shape index (κ2) is 4.00. The Balaban J connectivity index is 1.99. The minimum atomic E-state index is -0.707. The summed E-state index contributed by atoms with van der Waals surface area (Å²) < 4.78 is 2.11. The largest absolute Gasteiger partial charge is 0.481 e. The van der Waals surface area contributed by atoms with Gasteiger partial charge in [0.15, 0.2) is 0 Å². The van der Waals surface area contributed by atoms with Gasteiger partial charge in [-0.2, -0.15) is 0 Å². The van der Waals surface area contributed by atoms with Crippen molar-refractivity contribution in [2.24, 2.45) is 5.92 Å². The van der Waals surface area contributed by atoms with Crippen LogP contribution in [-0.4, -0.2) is 25.8 Å². The summed E-state index contributed by atoms with van der Waals surface area (Å²) in [5, 5.41) is 16.7. The fourth-order valence-corrected chi connectivity index (χ4v) is 2.09. The highest BCUT2D eigenvalue weighted by molar-refractivity contribution is 5.66. The minimum absolute atomic E-state index is 0.265. The van der Waals surface area contributed by atoms with E-state index in [-0.39, 0.29) is 6.42 Å². The Labute approximate surface area is 88.1 Å². The molecule has 0 fully saturated rings. The summed E-state index contributed by atoms with van der Waals surface area (Å²) >= 11 is 0. The zero-order valence-corrected chi connectivity index (χ0v) is 8.81. The third-order valence-corrected chi connectivity index (χ3v) is 3.00. The summed E-state index contributed by atoms with van der Waals surface area (Å²) in [4.78, 5) is 10.5. The van der Waals surface area contributed by atoms with Crippen LogP contribution in [0.2, 0.25) is 0 Å². The number of fused-ring (bicyclic) bond motifs is 1. The number of carboxylic acids is 1. The molecule has 0 aromatic carbocycles. The molecule has 1 aliphatic rings. The molecule has 0 saturated heterocycles. The molecular formula is C10H15N3O2. The van der Waals surface area contributed by atoms with Gasteiger partial charge in [-0.1, -0.05) is 0 Å². The second-order valence-corrected chi connectivity index (χ2v) is 4.11. The molecule has 2 heterocycles. The van der Waals surface area contributed by atoms with Crippen LogP contribution >= 0.6 is 0 Å². The molecule has 0 radical (unpaired) electrons. The van der Waals surface area contributed by atoms with Gasteiger partial charge in [0.25, 0.3) is 0 Å². The molecule has 5 heteroatoms. The zero-order valence-electron chi connectivity index (χ0n) is 8.81. The van der Waals surface area contributed by atoms with E-state index in [1.54, 1.807) is 0 Å². The SMILES string of the molecule is Cc1nnc2n1CC(CCC(=O)O)CC2. The molecule has 15 heavy (non-hydrogen) atoms. The van der Waals surface area contributed by atoms with Crippen LogP contribution in [0.1, 0.15) is 30.9 Å². The lowest BCUT2D eigenvalue weighted by atomic mass is 9.94. The normalized spacial score (nSPS) is 19.9. The van der Waals surface area contributed by atoms with E-state index in [1.807, 2.05) is 6.92 Å². The van der Waals surface area contributed by atoms with Crippen molar-refractivity contribution in [2.75, 3.05) is 0 Å². The standard InChI is InChI=1S/C10H15N3O2/c1-7-11-12-9-4-2-8(6-13(7)9)3-5-10(14)15/h8H,2-6H2,1H3,(H,14,15). The van der Waals surface area contributed by atoms with Gasteiger partial charge in [-0.25, -0.2) is 0 Å². The molecule has 5 nitrogen and oxygen atoms in total. The first-order chi connectivity index (χ1) is 7.16. The van der Waals surface area contributed by atoms with Gasteiger partial charge in [0, 0.05) is 19.4 Å². The molecule has 1 unspecified atom stereocenters. The molecule has 2 rings (SSSR count). The number of aryl methyl sites for hydroxylation is 2. The molecule has 1 N–H and O–H groups in total. The Morgan fingerprint density at radius 2 is 2.40 bits per heavy atom. The van der Waals surface area contributed by atoms with Crippen molar-refractivity contribution in [2.45, 2.75) is 39.2 Å². The fourth-order valence-electron chi connectivity index (χ4n) is 2.09. The van der Waals surface area contributed by atoms with Gasteiger partial charge in [0.1, 0.15) is 11.6 Å². The van der Waals surface area contributed by atoms with E-state index in [2.05, 4.69) is 14.8 Å². The number of carboxylic acid groups (broad SMARTS) is 1. The highest BCUT2D eigenvalue weighted by Gasteiger charge is 2.21. The lowest BCUT2D eigenvalue weighted by molar-refractivity contribution is -0.137. The zero-order chi connectivity index (χ0) is 10.8. The van der Waals surface area contributed by atoms with Gasteiger partial charge >= 0.3 is 5.97 Å². The van der Waals surface area contributed by atoms with Crippen LogP contribution in [0.4, 0.5) is 0 Å². The number of hydrogen-bond donors (Lipinski definition) is 1. The Morgan fingerprint density at radius 3 is 3.13 bits per heavy atom. The van der Waals surface area contributed by atoms with Crippen molar-refractivity contribution in [3.63, 3.8) is 0 Å². The second-order valence-electron chi connectivity index (χ2n) is 4.11. The fraction of sp³-hybridized carbons (Fsp3) is 0.700. The molecule has 1 aliphatic heterocycles. The first kappa shape index (κ1) is 10.1. The first-order valence-electron chi connectivity index (χ1n) is 5.27. The van der Waals surface area contributed by atoms with Gasteiger partial charge in [0.05, 0.1) is 0 Å². The van der Waals surface area contributed by atoms with Crippen molar-refractivity contribution in [3.8, 4) is 0 Å². The maximum absolute atomic E-state index is 10.5. The van der Waals surface area contributed by atoms with E-state index < -0.39 is 5.97 Å². The van der Waals surface area contributed by atoms with Gasteiger partial charge in [-0.3, -0.25) is 4.79 Å². The van der Waals surface area contributed by atoms with Crippen molar-refractivity contribution in [1.29, 1.82) is 0 Å². The van der Waals surface area contributed by atoms with Crippen LogP contribution in [0.25, 0.3) is 0 Å². The average molecular weight is 209 g/mol. The van der Waals surface area contributed by atoms with Crippen LogP contribution in [0.15, 0.2) is 0 Å². The summed E-state index contributed by atoms with van der Waals surface area (Å²) in [6.45, 7) is 2.82. The van der Waals surface area contributed by atoms with E-state index in [4.69, 9.17) is 5.11 Å². The third-order valence-electron chi connectivity index (χ3n) is 3.00. The number of nitrogens with zero attached hydrogens (tertiary/aromatic N) is 3. The molecule has 0 amide bonds. The molecular weight excluding hydrogens is 194 g/mol. The van der Waals surface area contributed by atoms with Crippen LogP contribution in [0.5, 0.6) is 0 Å². The molecule has 0 saturated carbocycles. The predicted molar refractivity (Wildman–Crippen MR) is 53.4 cm³/mol. The van der Waals surface area contributed by atoms with Crippen LogP contribution in [0.3, 0.4) is 0 Å². The van der Waals surface area contributed by atoms with Crippen molar-refractivity contribution in [3.05, 3.63) is 11.6 Å². The Bertz CT molecular complexity index is 373. The van der Waals surface area contributed by atoms with E-state index in [0.717, 1.165) is 37.5 Å². The van der Waals surface area contributed by atoms with Crippen LogP contribution < -0.4 is 0 Å². The number of aliphatic carboxylic acids is 1. The summed E-state index contributed by atoms with van der Waals surface area (Å²) in [7, 11) is 0. The Kier molecular flexibility index (Phi) is 2.70. The molecule has 1 aromatic rings. The van der Waals surface area contributed by atoms with E-state index in [9.17, 15) is 4.79 Å². The van der Waals surface area contributed by atoms with E-state index in [1.165, 1.54) is 0 Å². The molecule has 0 bridgehead atoms. The molecule has 0 spiro atoms. The number of carbonyl (C=O) groups is 1. The van der Waals surface area contributed by atoms with Gasteiger partial charge in [-0.15, -0.1) is 10.2 Å². The number of rotatable bonds is 3. The van der Waals surface area contributed by atoms with Crippen LogP contribution in [0, 0.1) is 12.8 Å². The Morgan fingerprint density at radius 1 is 1.60 bits per heavy atom. The molecule has 82 valence electrons. The van der Waals surface area contributed by atoms with Crippen molar-refractivity contribution < 1.29 is 9.90 Å². The maximum Gasteiger partial charge on any atom is 0.303 e. The van der Waals surface area contributed by atoms with Gasteiger partial charge in [-0.05, 0) is 25.7 Å². The summed E-state index contributed by atoms with van der Waals surface area (Å²) in [5.41, 5.74) is 0. The molecule has 1 aromatic heterocycles. The van der Waals surface area contributed by atoms with Gasteiger partial charge in [0.2, 0.25) is 0 Å².